The highest BCUT2D eigenvalue weighted by Gasteiger charge is 2.23. The zero-order valence-corrected chi connectivity index (χ0v) is 10.7. The van der Waals surface area contributed by atoms with Crippen molar-refractivity contribution in [2.75, 3.05) is 20.1 Å². The van der Waals surface area contributed by atoms with Gasteiger partial charge in [0.1, 0.15) is 5.82 Å². The Balaban J connectivity index is 1.83. The monoisotopic (exact) mass is 250 g/mol. The van der Waals surface area contributed by atoms with Crippen molar-refractivity contribution in [1.82, 2.24) is 10.2 Å². The lowest BCUT2D eigenvalue weighted by molar-refractivity contribution is -0.125. The normalized spacial score (nSPS) is 17.7. The lowest BCUT2D eigenvalue weighted by Crippen LogP contribution is -2.39. The smallest absolute Gasteiger partial charge is 0.222 e. The van der Waals surface area contributed by atoms with Crippen LogP contribution >= 0.6 is 0 Å². The van der Waals surface area contributed by atoms with Crippen LogP contribution in [0.3, 0.4) is 0 Å². The van der Waals surface area contributed by atoms with Crippen LogP contribution < -0.4 is 5.32 Å². The number of nitrogens with zero attached hydrogens (tertiary/aromatic N) is 1. The van der Waals surface area contributed by atoms with Crippen molar-refractivity contribution >= 4 is 5.91 Å². The zero-order chi connectivity index (χ0) is 13.0. The Morgan fingerprint density at radius 1 is 1.33 bits per heavy atom. The molecular formula is C14H19FN2O. The Hall–Kier alpha value is -1.42. The van der Waals surface area contributed by atoms with Crippen molar-refractivity contribution in [3.05, 3.63) is 35.6 Å². The first-order chi connectivity index (χ1) is 8.69. The van der Waals surface area contributed by atoms with E-state index in [0.717, 1.165) is 38.0 Å². The summed E-state index contributed by atoms with van der Waals surface area (Å²) >= 11 is 0. The maximum Gasteiger partial charge on any atom is 0.222 e. The van der Waals surface area contributed by atoms with Gasteiger partial charge >= 0.3 is 0 Å². The van der Waals surface area contributed by atoms with Crippen LogP contribution in [0.4, 0.5) is 4.39 Å². The van der Waals surface area contributed by atoms with E-state index in [9.17, 15) is 9.18 Å². The van der Waals surface area contributed by atoms with E-state index in [-0.39, 0.29) is 17.6 Å². The van der Waals surface area contributed by atoms with Crippen LogP contribution in [-0.4, -0.2) is 30.9 Å². The zero-order valence-electron chi connectivity index (χ0n) is 10.7. The number of hydrogen-bond acceptors (Lipinski definition) is 2. The molecule has 3 nitrogen and oxygen atoms in total. The molecule has 0 radical (unpaired) electrons. The predicted molar refractivity (Wildman–Crippen MR) is 68.5 cm³/mol. The SMILES string of the molecule is CNC(=O)C1CCN(Cc2ccc(F)cc2)CC1. The van der Waals surface area contributed by atoms with Crippen molar-refractivity contribution in [3.63, 3.8) is 0 Å². The lowest BCUT2D eigenvalue weighted by Gasteiger charge is -2.31. The van der Waals surface area contributed by atoms with E-state index in [1.807, 2.05) is 12.1 Å². The number of amides is 1. The molecule has 1 fully saturated rings. The number of halogens is 1. The first-order valence-electron chi connectivity index (χ1n) is 6.37. The fourth-order valence-electron chi connectivity index (χ4n) is 2.41. The van der Waals surface area contributed by atoms with Gasteiger partial charge in [-0.05, 0) is 43.6 Å². The van der Waals surface area contributed by atoms with Gasteiger partial charge in [0.25, 0.3) is 0 Å². The summed E-state index contributed by atoms with van der Waals surface area (Å²) in [5.41, 5.74) is 1.12. The molecule has 2 rings (SSSR count). The molecule has 1 saturated heterocycles. The highest BCUT2D eigenvalue weighted by Crippen LogP contribution is 2.19. The van der Waals surface area contributed by atoms with Crippen molar-refractivity contribution in [1.29, 1.82) is 0 Å². The molecule has 1 amide bonds. The quantitative estimate of drug-likeness (QED) is 0.887. The van der Waals surface area contributed by atoms with E-state index >= 15 is 0 Å². The van der Waals surface area contributed by atoms with Crippen LogP contribution in [0, 0.1) is 11.7 Å². The maximum absolute atomic E-state index is 12.8. The van der Waals surface area contributed by atoms with Gasteiger partial charge in [-0.3, -0.25) is 9.69 Å². The molecule has 0 unspecified atom stereocenters. The van der Waals surface area contributed by atoms with Gasteiger partial charge in [0.2, 0.25) is 5.91 Å². The Morgan fingerprint density at radius 3 is 2.50 bits per heavy atom. The van der Waals surface area contributed by atoms with Gasteiger partial charge in [-0.2, -0.15) is 0 Å². The lowest BCUT2D eigenvalue weighted by atomic mass is 9.95. The number of likely N-dealkylation sites (tertiary alicyclic amines) is 1. The Bertz CT molecular complexity index is 397. The number of rotatable bonds is 3. The van der Waals surface area contributed by atoms with Gasteiger partial charge in [0.15, 0.2) is 0 Å². The highest BCUT2D eigenvalue weighted by molar-refractivity contribution is 5.78. The number of carbonyl (C=O) groups is 1. The van der Waals surface area contributed by atoms with Crippen LogP contribution in [0.2, 0.25) is 0 Å². The molecule has 0 bridgehead atoms. The first-order valence-corrected chi connectivity index (χ1v) is 6.37. The second-order valence-electron chi connectivity index (χ2n) is 4.79. The van der Waals surface area contributed by atoms with Gasteiger partial charge in [0.05, 0.1) is 0 Å². The average molecular weight is 250 g/mol. The third-order valence-electron chi connectivity index (χ3n) is 3.52. The fraction of sp³-hybridized carbons (Fsp3) is 0.500. The summed E-state index contributed by atoms with van der Waals surface area (Å²) in [5.74, 6) is 0.105. The number of hydrogen-bond donors (Lipinski definition) is 1. The van der Waals surface area contributed by atoms with Gasteiger partial charge in [-0.1, -0.05) is 12.1 Å². The number of benzene rings is 1. The minimum atomic E-state index is -0.197. The minimum Gasteiger partial charge on any atom is -0.359 e. The summed E-state index contributed by atoms with van der Waals surface area (Å²) < 4.78 is 12.8. The first kappa shape index (κ1) is 13.0. The maximum atomic E-state index is 12.8. The van der Waals surface area contributed by atoms with Crippen molar-refractivity contribution in [2.24, 2.45) is 5.92 Å². The third kappa shape index (κ3) is 3.29. The van der Waals surface area contributed by atoms with Gasteiger partial charge in [-0.15, -0.1) is 0 Å². The van der Waals surface area contributed by atoms with Crippen molar-refractivity contribution in [2.45, 2.75) is 19.4 Å². The number of nitrogens with one attached hydrogen (secondary N) is 1. The number of carbonyl (C=O) groups excluding carboxylic acids is 1. The topological polar surface area (TPSA) is 32.3 Å². The molecule has 1 aromatic rings. The van der Waals surface area contributed by atoms with Crippen LogP contribution in [0.1, 0.15) is 18.4 Å². The highest BCUT2D eigenvalue weighted by atomic mass is 19.1. The molecule has 4 heteroatoms. The second-order valence-corrected chi connectivity index (χ2v) is 4.79. The molecule has 98 valence electrons. The number of piperidine rings is 1. The predicted octanol–water partition coefficient (Wildman–Crippen LogP) is 1.78. The summed E-state index contributed by atoms with van der Waals surface area (Å²) in [5, 5.41) is 2.71. The molecule has 1 aliphatic heterocycles. The summed E-state index contributed by atoms with van der Waals surface area (Å²) in [6, 6.07) is 6.62. The molecule has 1 aliphatic rings. The molecule has 18 heavy (non-hydrogen) atoms. The molecule has 0 saturated carbocycles. The van der Waals surface area contributed by atoms with Crippen molar-refractivity contribution < 1.29 is 9.18 Å². The summed E-state index contributed by atoms with van der Waals surface area (Å²) in [6.07, 6.45) is 1.81. The largest absolute Gasteiger partial charge is 0.359 e. The Kier molecular flexibility index (Phi) is 4.31. The molecular weight excluding hydrogens is 231 g/mol. The van der Waals surface area contributed by atoms with Crippen LogP contribution in [0.5, 0.6) is 0 Å². The van der Waals surface area contributed by atoms with Gasteiger partial charge in [0, 0.05) is 19.5 Å². The van der Waals surface area contributed by atoms with E-state index in [1.165, 1.54) is 12.1 Å². The molecule has 1 heterocycles. The minimum absolute atomic E-state index is 0.149. The van der Waals surface area contributed by atoms with Crippen molar-refractivity contribution in [3.8, 4) is 0 Å². The Morgan fingerprint density at radius 2 is 1.94 bits per heavy atom. The standard InChI is InChI=1S/C14H19FN2O/c1-16-14(18)12-6-8-17(9-7-12)10-11-2-4-13(15)5-3-11/h2-5,12H,6-10H2,1H3,(H,16,18). The summed E-state index contributed by atoms with van der Waals surface area (Å²) in [6.45, 7) is 2.69. The average Bonchev–Trinajstić information content (AvgIpc) is 2.41. The molecule has 0 spiro atoms. The van der Waals surface area contributed by atoms with E-state index < -0.39 is 0 Å². The van der Waals surface area contributed by atoms with E-state index in [0.29, 0.717) is 0 Å². The molecule has 0 atom stereocenters. The van der Waals surface area contributed by atoms with E-state index in [4.69, 9.17) is 0 Å². The second kappa shape index (κ2) is 5.96. The Labute approximate surface area is 107 Å². The summed E-state index contributed by atoms with van der Waals surface area (Å²) in [7, 11) is 1.69. The fourth-order valence-corrected chi connectivity index (χ4v) is 2.41. The summed E-state index contributed by atoms with van der Waals surface area (Å²) in [4.78, 5) is 13.8. The molecule has 1 N–H and O–H groups in total. The third-order valence-corrected chi connectivity index (χ3v) is 3.52. The molecule has 1 aromatic carbocycles. The molecule has 0 aromatic heterocycles. The molecule has 0 aliphatic carbocycles. The van der Waals surface area contributed by atoms with Gasteiger partial charge < -0.3 is 5.32 Å². The van der Waals surface area contributed by atoms with Crippen LogP contribution in [0.15, 0.2) is 24.3 Å². The van der Waals surface area contributed by atoms with Crippen LogP contribution in [-0.2, 0) is 11.3 Å². The van der Waals surface area contributed by atoms with Crippen LogP contribution in [0.25, 0.3) is 0 Å². The van der Waals surface area contributed by atoms with Gasteiger partial charge in [-0.25, -0.2) is 4.39 Å². The van der Waals surface area contributed by atoms with E-state index in [2.05, 4.69) is 10.2 Å². The van der Waals surface area contributed by atoms with E-state index in [1.54, 1.807) is 7.05 Å².